The number of hydrogen-bond donors (Lipinski definition) is 2. The van der Waals surface area contributed by atoms with Gasteiger partial charge in [-0.15, -0.1) is 0 Å². The SMILES string of the molecule is C=COCCOCCOCCOCCOCCOCCOCCOCCOCCOCCOCCOCCNC(=O)COCC(=O)O. The van der Waals surface area contributed by atoms with Gasteiger partial charge in [0, 0.05) is 6.54 Å². The van der Waals surface area contributed by atoms with Gasteiger partial charge >= 0.3 is 5.97 Å². The van der Waals surface area contributed by atoms with Crippen molar-refractivity contribution in [2.45, 2.75) is 0 Å². The van der Waals surface area contributed by atoms with Crippen LogP contribution in [0.4, 0.5) is 0 Å². The van der Waals surface area contributed by atoms with Crippen LogP contribution in [0.2, 0.25) is 0 Å². The maximum atomic E-state index is 11.4. The number of aliphatic carboxylic acids is 1. The summed E-state index contributed by atoms with van der Waals surface area (Å²) in [4.78, 5) is 21.6. The Morgan fingerprint density at radius 3 is 0.979 bits per heavy atom. The third-order valence-electron chi connectivity index (χ3n) is 5.21. The molecular formula is C30H57NO16. The lowest BCUT2D eigenvalue weighted by atomic mass is 10.6. The molecule has 0 saturated carbocycles. The predicted molar refractivity (Wildman–Crippen MR) is 167 cm³/mol. The molecule has 0 heterocycles. The van der Waals surface area contributed by atoms with Crippen LogP contribution < -0.4 is 5.32 Å². The molecule has 0 aromatic rings. The van der Waals surface area contributed by atoms with Crippen LogP contribution in [0, 0.1) is 0 Å². The number of carbonyl (C=O) groups is 2. The third kappa shape index (κ3) is 42.0. The van der Waals surface area contributed by atoms with Crippen molar-refractivity contribution >= 4 is 11.9 Å². The van der Waals surface area contributed by atoms with E-state index >= 15 is 0 Å². The Bertz CT molecular complexity index is 676. The minimum atomic E-state index is -1.12. The Hall–Kier alpha value is -2.00. The van der Waals surface area contributed by atoms with Gasteiger partial charge in [-0.25, -0.2) is 4.79 Å². The maximum Gasteiger partial charge on any atom is 0.329 e. The van der Waals surface area contributed by atoms with E-state index in [2.05, 4.69) is 16.6 Å². The van der Waals surface area contributed by atoms with Crippen LogP contribution in [-0.2, 0) is 71.2 Å². The molecule has 0 aliphatic rings. The van der Waals surface area contributed by atoms with Gasteiger partial charge in [-0.05, 0) is 0 Å². The number of ether oxygens (including phenoxy) is 13. The second kappa shape index (κ2) is 40.2. The van der Waals surface area contributed by atoms with Gasteiger partial charge in [0.15, 0.2) is 0 Å². The third-order valence-corrected chi connectivity index (χ3v) is 5.21. The molecular weight excluding hydrogens is 630 g/mol. The first-order chi connectivity index (χ1) is 23.2. The molecule has 0 saturated heterocycles. The number of carboxylic acid groups (broad SMARTS) is 1. The number of carbonyl (C=O) groups excluding carboxylic acids is 1. The standard InChI is InChI=1S/C30H57NO16/c1-2-35-5-6-37-9-10-39-13-14-41-17-18-43-21-22-45-25-26-46-24-23-44-20-19-42-16-15-40-12-11-38-8-7-36-4-3-31-29(32)27-47-28-30(33)34/h2H,1,3-28H2,(H,31,32)(H,33,34). The first-order valence-electron chi connectivity index (χ1n) is 15.8. The lowest BCUT2D eigenvalue weighted by Crippen LogP contribution is -2.31. The van der Waals surface area contributed by atoms with E-state index in [9.17, 15) is 9.59 Å². The Balaban J connectivity index is 3.09. The van der Waals surface area contributed by atoms with E-state index in [0.29, 0.717) is 159 Å². The molecule has 0 atom stereocenters. The van der Waals surface area contributed by atoms with Gasteiger partial charge in [0.25, 0.3) is 0 Å². The predicted octanol–water partition coefficient (Wildman–Crippen LogP) is -0.453. The molecule has 0 aliphatic heterocycles. The molecule has 278 valence electrons. The van der Waals surface area contributed by atoms with E-state index in [-0.39, 0.29) is 6.61 Å². The Morgan fingerprint density at radius 1 is 0.426 bits per heavy atom. The molecule has 47 heavy (non-hydrogen) atoms. The van der Waals surface area contributed by atoms with E-state index in [0.717, 1.165) is 0 Å². The zero-order valence-corrected chi connectivity index (χ0v) is 27.7. The summed E-state index contributed by atoms with van der Waals surface area (Å²) in [6.07, 6.45) is 1.39. The second-order valence-electron chi connectivity index (χ2n) is 9.01. The van der Waals surface area contributed by atoms with Crippen LogP contribution in [0.5, 0.6) is 0 Å². The molecule has 0 unspecified atom stereocenters. The minimum absolute atomic E-state index is 0.299. The van der Waals surface area contributed by atoms with Crippen LogP contribution in [0.15, 0.2) is 12.8 Å². The van der Waals surface area contributed by atoms with Gasteiger partial charge in [-0.2, -0.15) is 0 Å². The first-order valence-corrected chi connectivity index (χ1v) is 15.8. The lowest BCUT2D eigenvalue weighted by molar-refractivity contribution is -0.143. The molecule has 2 N–H and O–H groups in total. The van der Waals surface area contributed by atoms with Gasteiger partial charge < -0.3 is 72.0 Å². The highest BCUT2D eigenvalue weighted by Gasteiger charge is 2.03. The summed E-state index contributed by atoms with van der Waals surface area (Å²) in [5.74, 6) is -1.52. The minimum Gasteiger partial charge on any atom is -0.499 e. The van der Waals surface area contributed by atoms with Crippen molar-refractivity contribution in [3.05, 3.63) is 12.8 Å². The van der Waals surface area contributed by atoms with Gasteiger partial charge in [0.2, 0.25) is 5.91 Å². The Kier molecular flexibility index (Phi) is 38.5. The van der Waals surface area contributed by atoms with Crippen molar-refractivity contribution in [3.63, 3.8) is 0 Å². The van der Waals surface area contributed by atoms with E-state index < -0.39 is 18.5 Å². The smallest absolute Gasteiger partial charge is 0.329 e. The fourth-order valence-electron chi connectivity index (χ4n) is 3.04. The summed E-state index contributed by atoms with van der Waals surface area (Å²) in [6, 6.07) is 0. The Labute approximate surface area is 278 Å². The van der Waals surface area contributed by atoms with Crippen molar-refractivity contribution < 1.29 is 76.3 Å². The zero-order chi connectivity index (χ0) is 34.1. The van der Waals surface area contributed by atoms with Gasteiger partial charge in [-0.1, -0.05) is 6.58 Å². The molecule has 0 radical (unpaired) electrons. The van der Waals surface area contributed by atoms with Crippen molar-refractivity contribution in [1.82, 2.24) is 5.32 Å². The highest BCUT2D eigenvalue weighted by molar-refractivity contribution is 5.77. The largest absolute Gasteiger partial charge is 0.499 e. The van der Waals surface area contributed by atoms with E-state index in [1.54, 1.807) is 0 Å². The van der Waals surface area contributed by atoms with E-state index in [4.69, 9.17) is 61.9 Å². The summed E-state index contributed by atoms with van der Waals surface area (Å²) in [5, 5.41) is 11.0. The first kappa shape index (κ1) is 45.0. The molecule has 0 spiro atoms. The van der Waals surface area contributed by atoms with Crippen molar-refractivity contribution in [2.24, 2.45) is 0 Å². The summed E-state index contributed by atoms with van der Waals surface area (Å²) < 4.78 is 69.1. The highest BCUT2D eigenvalue weighted by atomic mass is 16.6. The van der Waals surface area contributed by atoms with Gasteiger partial charge in [0.05, 0.1) is 152 Å². The fourth-order valence-corrected chi connectivity index (χ4v) is 3.04. The summed E-state index contributed by atoms with van der Waals surface area (Å²) >= 11 is 0. The molecule has 0 fully saturated rings. The van der Waals surface area contributed by atoms with Crippen LogP contribution in [0.25, 0.3) is 0 Å². The lowest BCUT2D eigenvalue weighted by Gasteiger charge is -2.09. The topological polar surface area (TPSA) is 186 Å². The number of nitrogens with one attached hydrogen (secondary N) is 1. The average molecular weight is 688 g/mol. The average Bonchev–Trinajstić information content (AvgIpc) is 3.06. The van der Waals surface area contributed by atoms with Crippen LogP contribution in [0.1, 0.15) is 0 Å². The van der Waals surface area contributed by atoms with E-state index in [1.165, 1.54) is 6.26 Å². The molecule has 0 aromatic heterocycles. The number of amides is 1. The normalized spacial score (nSPS) is 11.1. The maximum absolute atomic E-state index is 11.4. The van der Waals surface area contributed by atoms with Crippen LogP contribution >= 0.6 is 0 Å². The Morgan fingerprint density at radius 2 is 0.702 bits per heavy atom. The van der Waals surface area contributed by atoms with Crippen molar-refractivity contribution in [2.75, 3.05) is 172 Å². The number of rotatable bonds is 41. The van der Waals surface area contributed by atoms with Gasteiger partial charge in [-0.3, -0.25) is 4.79 Å². The zero-order valence-electron chi connectivity index (χ0n) is 27.7. The highest BCUT2D eigenvalue weighted by Crippen LogP contribution is 1.87. The van der Waals surface area contributed by atoms with Crippen molar-refractivity contribution in [3.8, 4) is 0 Å². The summed E-state index contributed by atoms with van der Waals surface area (Å²) in [5.41, 5.74) is 0. The van der Waals surface area contributed by atoms with Crippen molar-refractivity contribution in [1.29, 1.82) is 0 Å². The molecule has 0 rings (SSSR count). The quantitative estimate of drug-likeness (QED) is 0.0621. The number of carboxylic acids is 1. The molecule has 1 amide bonds. The van der Waals surface area contributed by atoms with Crippen LogP contribution in [0.3, 0.4) is 0 Å². The molecule has 0 bridgehead atoms. The van der Waals surface area contributed by atoms with Gasteiger partial charge in [0.1, 0.15) is 19.8 Å². The second-order valence-corrected chi connectivity index (χ2v) is 9.01. The summed E-state index contributed by atoms with van der Waals surface area (Å²) in [7, 11) is 0. The monoisotopic (exact) mass is 687 g/mol. The molecule has 0 aliphatic carbocycles. The van der Waals surface area contributed by atoms with Crippen LogP contribution in [-0.4, -0.2) is 189 Å². The number of hydrogen-bond acceptors (Lipinski definition) is 15. The molecule has 17 heteroatoms. The fraction of sp³-hybridized carbons (Fsp3) is 0.867. The van der Waals surface area contributed by atoms with E-state index in [1.807, 2.05) is 0 Å². The molecule has 0 aromatic carbocycles. The summed E-state index contributed by atoms with van der Waals surface area (Å²) in [6.45, 7) is 13.7. The molecule has 17 nitrogen and oxygen atoms in total.